The van der Waals surface area contributed by atoms with Gasteiger partial charge >= 0.3 is 6.09 Å². The molecule has 5 nitrogen and oxygen atoms in total. The second kappa shape index (κ2) is 7.21. The van der Waals surface area contributed by atoms with Gasteiger partial charge in [-0.3, -0.25) is 9.36 Å². The molecule has 0 unspecified atom stereocenters. The molecule has 0 aliphatic rings. The van der Waals surface area contributed by atoms with Crippen LogP contribution in [0.25, 0.3) is 16.6 Å². The van der Waals surface area contributed by atoms with Gasteiger partial charge in [-0.1, -0.05) is 30.3 Å². The molecule has 0 aliphatic heterocycles. The standard InChI is InChI=1S/C20H20N2O3/c1-3-21(4-2)20(24)25-18-14-19(23)22(15-10-6-5-7-11-15)17-13-9-8-12-16(17)18/h5-14H,3-4H2,1-2H3. The number of hydrogen-bond acceptors (Lipinski definition) is 3. The van der Waals surface area contributed by atoms with Crippen LogP contribution in [0.1, 0.15) is 13.8 Å². The Morgan fingerprint density at radius 2 is 1.64 bits per heavy atom. The highest BCUT2D eigenvalue weighted by Gasteiger charge is 2.16. The first-order chi connectivity index (χ1) is 12.2. The lowest BCUT2D eigenvalue weighted by atomic mass is 10.2. The van der Waals surface area contributed by atoms with E-state index in [0.29, 0.717) is 24.0 Å². The number of rotatable bonds is 4. The second-order valence-corrected chi connectivity index (χ2v) is 5.58. The van der Waals surface area contributed by atoms with Gasteiger partial charge in [0.1, 0.15) is 5.75 Å². The van der Waals surface area contributed by atoms with Gasteiger partial charge in [0.2, 0.25) is 0 Å². The average Bonchev–Trinajstić information content (AvgIpc) is 2.63. The van der Waals surface area contributed by atoms with Gasteiger partial charge in [0.25, 0.3) is 5.56 Å². The molecule has 128 valence electrons. The van der Waals surface area contributed by atoms with Crippen LogP contribution in [0.4, 0.5) is 4.79 Å². The van der Waals surface area contributed by atoms with Crippen LogP contribution >= 0.6 is 0 Å². The summed E-state index contributed by atoms with van der Waals surface area (Å²) >= 11 is 0. The summed E-state index contributed by atoms with van der Waals surface area (Å²) < 4.78 is 7.13. The van der Waals surface area contributed by atoms with Crippen LogP contribution in [0.3, 0.4) is 0 Å². The average molecular weight is 336 g/mol. The summed E-state index contributed by atoms with van der Waals surface area (Å²) in [5.74, 6) is 0.282. The van der Waals surface area contributed by atoms with Crippen molar-refractivity contribution in [2.75, 3.05) is 13.1 Å². The predicted octanol–water partition coefficient (Wildman–Crippen LogP) is 3.83. The third-order valence-corrected chi connectivity index (χ3v) is 4.12. The Morgan fingerprint density at radius 1 is 1.00 bits per heavy atom. The van der Waals surface area contributed by atoms with Crippen LogP contribution in [-0.4, -0.2) is 28.6 Å². The summed E-state index contributed by atoms with van der Waals surface area (Å²) in [6, 6.07) is 18.2. The van der Waals surface area contributed by atoms with Gasteiger partial charge in [0, 0.05) is 30.2 Å². The van der Waals surface area contributed by atoms with E-state index in [-0.39, 0.29) is 11.3 Å². The Bertz CT molecular complexity index is 944. The SMILES string of the molecule is CCN(CC)C(=O)Oc1cc(=O)n(-c2ccccc2)c2ccccc12. The number of carbonyl (C=O) groups is 1. The highest BCUT2D eigenvalue weighted by atomic mass is 16.6. The number of aromatic nitrogens is 1. The van der Waals surface area contributed by atoms with E-state index in [1.807, 2.05) is 68.4 Å². The molecule has 0 radical (unpaired) electrons. The largest absolute Gasteiger partial charge is 0.415 e. The van der Waals surface area contributed by atoms with Gasteiger partial charge in [-0.25, -0.2) is 4.79 Å². The molecule has 25 heavy (non-hydrogen) atoms. The van der Waals surface area contributed by atoms with Crippen molar-refractivity contribution in [1.29, 1.82) is 0 Å². The van der Waals surface area contributed by atoms with Crippen LogP contribution in [-0.2, 0) is 0 Å². The van der Waals surface area contributed by atoms with E-state index in [0.717, 1.165) is 5.69 Å². The van der Waals surface area contributed by atoms with Gasteiger partial charge < -0.3 is 9.64 Å². The molecular formula is C20H20N2O3. The van der Waals surface area contributed by atoms with Gasteiger partial charge in [-0.2, -0.15) is 0 Å². The minimum atomic E-state index is -0.452. The summed E-state index contributed by atoms with van der Waals surface area (Å²) in [5, 5.41) is 0.714. The number of pyridine rings is 1. The maximum Gasteiger partial charge on any atom is 0.415 e. The Labute approximate surface area is 146 Å². The number of ether oxygens (including phenoxy) is 1. The molecule has 5 heteroatoms. The highest BCUT2D eigenvalue weighted by Crippen LogP contribution is 2.26. The Kier molecular flexibility index (Phi) is 4.84. The maximum absolute atomic E-state index is 12.7. The zero-order valence-electron chi connectivity index (χ0n) is 14.3. The molecule has 1 aromatic heterocycles. The van der Waals surface area contributed by atoms with Crippen LogP contribution in [0, 0.1) is 0 Å². The zero-order valence-corrected chi connectivity index (χ0v) is 14.3. The molecule has 3 aromatic rings. The van der Waals surface area contributed by atoms with Crippen molar-refractivity contribution in [2.24, 2.45) is 0 Å². The van der Waals surface area contributed by atoms with Crippen molar-refractivity contribution in [3.05, 3.63) is 71.0 Å². The summed E-state index contributed by atoms with van der Waals surface area (Å²) in [6.45, 7) is 4.87. The van der Waals surface area contributed by atoms with Crippen LogP contribution in [0.2, 0.25) is 0 Å². The van der Waals surface area contributed by atoms with Crippen molar-refractivity contribution >= 4 is 17.0 Å². The van der Waals surface area contributed by atoms with Gasteiger partial charge in [0.15, 0.2) is 0 Å². The molecule has 1 amide bonds. The van der Waals surface area contributed by atoms with Gasteiger partial charge in [-0.05, 0) is 38.1 Å². The number of carbonyl (C=O) groups excluding carboxylic acids is 1. The van der Waals surface area contributed by atoms with Crippen LogP contribution in [0.15, 0.2) is 65.5 Å². The first kappa shape index (κ1) is 16.8. The molecule has 2 aromatic carbocycles. The van der Waals surface area contributed by atoms with Crippen LogP contribution < -0.4 is 10.3 Å². The Balaban J connectivity index is 2.15. The highest BCUT2D eigenvalue weighted by molar-refractivity contribution is 5.88. The predicted molar refractivity (Wildman–Crippen MR) is 98.5 cm³/mol. The summed E-state index contributed by atoms with van der Waals surface area (Å²) in [5.41, 5.74) is 1.22. The summed E-state index contributed by atoms with van der Waals surface area (Å²) in [4.78, 5) is 26.5. The number of para-hydroxylation sites is 2. The lowest BCUT2D eigenvalue weighted by Crippen LogP contribution is -2.33. The molecule has 0 fully saturated rings. The normalized spacial score (nSPS) is 10.6. The monoisotopic (exact) mass is 336 g/mol. The molecule has 0 spiro atoms. The molecule has 0 aliphatic carbocycles. The molecule has 3 rings (SSSR count). The number of fused-ring (bicyclic) bond motifs is 1. The molecule has 0 atom stereocenters. The van der Waals surface area contributed by atoms with E-state index in [1.54, 1.807) is 9.47 Å². The first-order valence-corrected chi connectivity index (χ1v) is 8.32. The minimum absolute atomic E-state index is 0.243. The zero-order chi connectivity index (χ0) is 17.8. The van der Waals surface area contributed by atoms with Crippen molar-refractivity contribution in [3.63, 3.8) is 0 Å². The fraction of sp³-hybridized carbons (Fsp3) is 0.200. The minimum Gasteiger partial charge on any atom is -0.409 e. The van der Waals surface area contributed by atoms with E-state index < -0.39 is 6.09 Å². The van der Waals surface area contributed by atoms with Gasteiger partial charge in [-0.15, -0.1) is 0 Å². The summed E-state index contributed by atoms with van der Waals surface area (Å²) in [7, 11) is 0. The molecule has 0 N–H and O–H groups in total. The molecule has 0 saturated carbocycles. The number of benzene rings is 2. The van der Waals surface area contributed by atoms with E-state index in [2.05, 4.69) is 0 Å². The van der Waals surface area contributed by atoms with Crippen LogP contribution in [0.5, 0.6) is 5.75 Å². The lowest BCUT2D eigenvalue weighted by Gasteiger charge is -2.19. The number of nitrogens with zero attached hydrogens (tertiary/aromatic N) is 2. The smallest absolute Gasteiger partial charge is 0.409 e. The van der Waals surface area contributed by atoms with E-state index >= 15 is 0 Å². The van der Waals surface area contributed by atoms with Gasteiger partial charge in [0.05, 0.1) is 5.52 Å². The Hall–Kier alpha value is -3.08. The second-order valence-electron chi connectivity index (χ2n) is 5.58. The first-order valence-electron chi connectivity index (χ1n) is 8.32. The molecule has 0 saturated heterocycles. The number of hydrogen-bond donors (Lipinski definition) is 0. The summed E-state index contributed by atoms with van der Waals surface area (Å²) in [6.07, 6.45) is -0.452. The quantitative estimate of drug-likeness (QED) is 0.727. The third kappa shape index (κ3) is 3.26. The topological polar surface area (TPSA) is 51.5 Å². The molecule has 1 heterocycles. The van der Waals surface area contributed by atoms with E-state index in [9.17, 15) is 9.59 Å². The number of amides is 1. The van der Waals surface area contributed by atoms with Crippen molar-refractivity contribution in [1.82, 2.24) is 9.47 Å². The van der Waals surface area contributed by atoms with Crippen molar-refractivity contribution in [3.8, 4) is 11.4 Å². The third-order valence-electron chi connectivity index (χ3n) is 4.12. The fourth-order valence-electron chi connectivity index (χ4n) is 2.82. The lowest BCUT2D eigenvalue weighted by molar-refractivity contribution is 0.158. The van der Waals surface area contributed by atoms with E-state index in [1.165, 1.54) is 6.07 Å². The maximum atomic E-state index is 12.7. The molecule has 0 bridgehead atoms. The van der Waals surface area contributed by atoms with Crippen molar-refractivity contribution in [2.45, 2.75) is 13.8 Å². The Morgan fingerprint density at radius 3 is 2.32 bits per heavy atom. The van der Waals surface area contributed by atoms with E-state index in [4.69, 9.17) is 4.74 Å². The van der Waals surface area contributed by atoms with Crippen molar-refractivity contribution < 1.29 is 9.53 Å². The fourth-order valence-corrected chi connectivity index (χ4v) is 2.82. The molecular weight excluding hydrogens is 316 g/mol.